The standard InChI is InChI=1S/C17H24N2O/c1-3-5-11-19(12-6-4-2)17(20)15-13-18-16-10-8-7-9-14(15)16/h7-10,13,18H,3-6,11-12H2,1-2H3. The van der Waals surface area contributed by atoms with Crippen molar-refractivity contribution in [2.24, 2.45) is 0 Å². The number of aromatic nitrogens is 1. The number of hydrogen-bond donors (Lipinski definition) is 1. The van der Waals surface area contributed by atoms with E-state index in [9.17, 15) is 4.79 Å². The van der Waals surface area contributed by atoms with Crippen molar-refractivity contribution in [1.82, 2.24) is 9.88 Å². The number of H-pyrrole nitrogens is 1. The molecule has 0 fully saturated rings. The first-order valence-electron chi connectivity index (χ1n) is 7.63. The molecule has 0 spiro atoms. The van der Waals surface area contributed by atoms with E-state index in [1.54, 1.807) is 0 Å². The Morgan fingerprint density at radius 3 is 2.40 bits per heavy atom. The predicted octanol–water partition coefficient (Wildman–Crippen LogP) is 4.21. The summed E-state index contributed by atoms with van der Waals surface area (Å²) in [4.78, 5) is 17.9. The molecule has 0 saturated heterocycles. The zero-order valence-electron chi connectivity index (χ0n) is 12.5. The summed E-state index contributed by atoms with van der Waals surface area (Å²) < 4.78 is 0. The van der Waals surface area contributed by atoms with Crippen molar-refractivity contribution >= 4 is 16.8 Å². The quantitative estimate of drug-likeness (QED) is 0.805. The van der Waals surface area contributed by atoms with Crippen LogP contribution in [0, 0.1) is 0 Å². The van der Waals surface area contributed by atoms with Gasteiger partial charge in [-0.15, -0.1) is 0 Å². The number of amides is 1. The maximum atomic E-state index is 12.7. The lowest BCUT2D eigenvalue weighted by molar-refractivity contribution is 0.0753. The third-order valence-corrected chi connectivity index (χ3v) is 3.67. The van der Waals surface area contributed by atoms with E-state index in [4.69, 9.17) is 0 Å². The summed E-state index contributed by atoms with van der Waals surface area (Å²) in [5.74, 6) is 0.157. The van der Waals surface area contributed by atoms with Crippen LogP contribution in [0.1, 0.15) is 49.9 Å². The highest BCUT2D eigenvalue weighted by molar-refractivity contribution is 6.06. The smallest absolute Gasteiger partial charge is 0.256 e. The van der Waals surface area contributed by atoms with Gasteiger partial charge in [-0.1, -0.05) is 44.9 Å². The van der Waals surface area contributed by atoms with E-state index in [0.717, 1.165) is 55.2 Å². The summed E-state index contributed by atoms with van der Waals surface area (Å²) in [6.07, 6.45) is 6.21. The molecule has 0 unspecified atom stereocenters. The molecule has 1 amide bonds. The van der Waals surface area contributed by atoms with E-state index in [0.29, 0.717) is 0 Å². The van der Waals surface area contributed by atoms with Crippen molar-refractivity contribution in [3.63, 3.8) is 0 Å². The van der Waals surface area contributed by atoms with Gasteiger partial charge in [0.25, 0.3) is 5.91 Å². The van der Waals surface area contributed by atoms with Gasteiger partial charge in [-0.3, -0.25) is 4.79 Å². The molecule has 2 aromatic rings. The summed E-state index contributed by atoms with van der Waals surface area (Å²) in [5.41, 5.74) is 1.83. The molecule has 0 atom stereocenters. The zero-order chi connectivity index (χ0) is 14.4. The number of carbonyl (C=O) groups excluding carboxylic acids is 1. The number of fused-ring (bicyclic) bond motifs is 1. The van der Waals surface area contributed by atoms with E-state index in [2.05, 4.69) is 18.8 Å². The lowest BCUT2D eigenvalue weighted by Gasteiger charge is -2.22. The number of aromatic amines is 1. The summed E-state index contributed by atoms with van der Waals surface area (Å²) >= 11 is 0. The van der Waals surface area contributed by atoms with Crippen molar-refractivity contribution in [3.05, 3.63) is 36.0 Å². The number of benzene rings is 1. The Morgan fingerprint density at radius 2 is 1.75 bits per heavy atom. The van der Waals surface area contributed by atoms with Crippen LogP contribution in [-0.4, -0.2) is 28.9 Å². The van der Waals surface area contributed by atoms with Crippen LogP contribution in [-0.2, 0) is 0 Å². The molecule has 1 aromatic heterocycles. The summed E-state index contributed by atoms with van der Waals surface area (Å²) in [6, 6.07) is 7.99. The SMILES string of the molecule is CCCCN(CCCC)C(=O)c1c[nH]c2ccccc12. The zero-order valence-corrected chi connectivity index (χ0v) is 12.5. The fraction of sp³-hybridized carbons (Fsp3) is 0.471. The third kappa shape index (κ3) is 3.21. The topological polar surface area (TPSA) is 36.1 Å². The van der Waals surface area contributed by atoms with Gasteiger partial charge in [-0.25, -0.2) is 0 Å². The van der Waals surface area contributed by atoms with Gasteiger partial charge < -0.3 is 9.88 Å². The van der Waals surface area contributed by atoms with Gasteiger partial charge in [0.15, 0.2) is 0 Å². The second-order valence-electron chi connectivity index (χ2n) is 5.25. The Hall–Kier alpha value is -1.77. The Labute approximate surface area is 121 Å². The fourth-order valence-corrected chi connectivity index (χ4v) is 2.43. The van der Waals surface area contributed by atoms with Crippen LogP contribution in [0.3, 0.4) is 0 Å². The van der Waals surface area contributed by atoms with Gasteiger partial charge in [0, 0.05) is 30.2 Å². The molecule has 0 bridgehead atoms. The Balaban J connectivity index is 2.21. The van der Waals surface area contributed by atoms with Crippen LogP contribution in [0.4, 0.5) is 0 Å². The Morgan fingerprint density at radius 1 is 1.10 bits per heavy atom. The van der Waals surface area contributed by atoms with Crippen molar-refractivity contribution in [1.29, 1.82) is 0 Å². The van der Waals surface area contributed by atoms with E-state index < -0.39 is 0 Å². The molecule has 20 heavy (non-hydrogen) atoms. The molecule has 0 saturated carbocycles. The highest BCUT2D eigenvalue weighted by Gasteiger charge is 2.18. The van der Waals surface area contributed by atoms with Crippen molar-refractivity contribution in [2.75, 3.05) is 13.1 Å². The maximum absolute atomic E-state index is 12.7. The molecule has 3 nitrogen and oxygen atoms in total. The van der Waals surface area contributed by atoms with Gasteiger partial charge in [0.2, 0.25) is 0 Å². The molecule has 0 radical (unpaired) electrons. The number of unbranched alkanes of at least 4 members (excludes halogenated alkanes) is 2. The van der Waals surface area contributed by atoms with Gasteiger partial charge >= 0.3 is 0 Å². The van der Waals surface area contributed by atoms with Crippen LogP contribution in [0.5, 0.6) is 0 Å². The molecular weight excluding hydrogens is 248 g/mol. The highest BCUT2D eigenvalue weighted by atomic mass is 16.2. The van der Waals surface area contributed by atoms with Crippen LogP contribution >= 0.6 is 0 Å². The van der Waals surface area contributed by atoms with Crippen LogP contribution in [0.2, 0.25) is 0 Å². The first-order valence-corrected chi connectivity index (χ1v) is 7.63. The number of para-hydroxylation sites is 1. The molecule has 1 aromatic carbocycles. The van der Waals surface area contributed by atoms with Crippen molar-refractivity contribution in [2.45, 2.75) is 39.5 Å². The third-order valence-electron chi connectivity index (χ3n) is 3.67. The largest absolute Gasteiger partial charge is 0.360 e. The Bertz CT molecular complexity index is 551. The first-order chi connectivity index (χ1) is 9.77. The highest BCUT2D eigenvalue weighted by Crippen LogP contribution is 2.19. The van der Waals surface area contributed by atoms with Crippen molar-refractivity contribution < 1.29 is 4.79 Å². The molecular formula is C17H24N2O. The minimum atomic E-state index is 0.157. The number of nitrogens with one attached hydrogen (secondary N) is 1. The second-order valence-corrected chi connectivity index (χ2v) is 5.25. The van der Waals surface area contributed by atoms with Gasteiger partial charge in [-0.2, -0.15) is 0 Å². The van der Waals surface area contributed by atoms with Gasteiger partial charge in [0.05, 0.1) is 5.56 Å². The fourth-order valence-electron chi connectivity index (χ4n) is 2.43. The number of rotatable bonds is 7. The average molecular weight is 272 g/mol. The molecule has 0 aliphatic rings. The molecule has 1 heterocycles. The number of nitrogens with zero attached hydrogens (tertiary/aromatic N) is 1. The van der Waals surface area contributed by atoms with Gasteiger partial charge in [0.1, 0.15) is 0 Å². The molecule has 3 heteroatoms. The minimum absolute atomic E-state index is 0.157. The average Bonchev–Trinajstić information content (AvgIpc) is 2.91. The molecule has 2 rings (SSSR count). The Kier molecular flexibility index (Phi) is 5.22. The van der Waals surface area contributed by atoms with E-state index in [1.165, 1.54) is 0 Å². The van der Waals surface area contributed by atoms with Crippen molar-refractivity contribution in [3.8, 4) is 0 Å². The van der Waals surface area contributed by atoms with E-state index in [1.807, 2.05) is 35.4 Å². The lowest BCUT2D eigenvalue weighted by atomic mass is 10.1. The van der Waals surface area contributed by atoms with E-state index >= 15 is 0 Å². The van der Waals surface area contributed by atoms with Crippen LogP contribution < -0.4 is 0 Å². The van der Waals surface area contributed by atoms with Crippen LogP contribution in [0.15, 0.2) is 30.5 Å². The summed E-state index contributed by atoms with van der Waals surface area (Å²) in [6.45, 7) is 6.03. The lowest BCUT2D eigenvalue weighted by Crippen LogP contribution is -2.32. The second kappa shape index (κ2) is 7.13. The summed E-state index contributed by atoms with van der Waals surface area (Å²) in [7, 11) is 0. The minimum Gasteiger partial charge on any atom is -0.360 e. The van der Waals surface area contributed by atoms with Gasteiger partial charge in [-0.05, 0) is 18.9 Å². The number of carbonyl (C=O) groups is 1. The maximum Gasteiger partial charge on any atom is 0.256 e. The molecule has 108 valence electrons. The molecule has 0 aliphatic carbocycles. The molecule has 0 aliphatic heterocycles. The monoisotopic (exact) mass is 272 g/mol. The first kappa shape index (κ1) is 14.6. The van der Waals surface area contributed by atoms with E-state index in [-0.39, 0.29) is 5.91 Å². The normalized spacial score (nSPS) is 10.9. The summed E-state index contributed by atoms with van der Waals surface area (Å²) in [5, 5.41) is 1.02. The van der Waals surface area contributed by atoms with Crippen LogP contribution in [0.25, 0.3) is 10.9 Å². The molecule has 1 N–H and O–H groups in total. The predicted molar refractivity (Wildman–Crippen MR) is 84.0 cm³/mol. The number of hydrogen-bond acceptors (Lipinski definition) is 1.